The van der Waals surface area contributed by atoms with Crippen molar-refractivity contribution in [2.24, 2.45) is 0 Å². The lowest BCUT2D eigenvalue weighted by Gasteiger charge is -2.11. The van der Waals surface area contributed by atoms with E-state index in [1.165, 1.54) is 5.56 Å². The molecular formula is C15H15NO3. The summed E-state index contributed by atoms with van der Waals surface area (Å²) in [6.07, 6.45) is 1.63. The summed E-state index contributed by atoms with van der Waals surface area (Å²) < 4.78 is 11.3. The molecule has 0 aliphatic carbocycles. The minimum Gasteiger partial charge on any atom is -0.493 e. The number of ether oxygens (including phenoxy) is 2. The minimum atomic E-state index is -0.0515. The van der Waals surface area contributed by atoms with Crippen molar-refractivity contribution < 1.29 is 14.6 Å². The first kappa shape index (κ1) is 12.0. The molecular weight excluding hydrogens is 242 g/mol. The quantitative estimate of drug-likeness (QED) is 0.911. The summed E-state index contributed by atoms with van der Waals surface area (Å²) in [5.74, 6) is 1.92. The molecule has 1 atom stereocenters. The van der Waals surface area contributed by atoms with Gasteiger partial charge in [-0.25, -0.2) is 0 Å². The molecule has 1 aliphatic rings. The molecule has 98 valence electrons. The van der Waals surface area contributed by atoms with Crippen LogP contribution in [0.25, 0.3) is 0 Å². The Bertz CT molecular complexity index is 554. The van der Waals surface area contributed by atoms with Crippen LogP contribution in [0.1, 0.15) is 17.2 Å². The van der Waals surface area contributed by atoms with Crippen LogP contribution in [-0.2, 0) is 6.61 Å². The predicted molar refractivity (Wildman–Crippen MR) is 70.3 cm³/mol. The van der Waals surface area contributed by atoms with Crippen LogP contribution < -0.4 is 9.47 Å². The van der Waals surface area contributed by atoms with E-state index in [4.69, 9.17) is 14.6 Å². The number of benzene rings is 1. The molecule has 1 aromatic heterocycles. The monoisotopic (exact) mass is 257 g/mol. The molecule has 1 unspecified atom stereocenters. The van der Waals surface area contributed by atoms with Crippen molar-refractivity contribution in [2.45, 2.75) is 12.5 Å². The number of para-hydroxylation sites is 1. The summed E-state index contributed by atoms with van der Waals surface area (Å²) in [4.78, 5) is 4.08. The Labute approximate surface area is 111 Å². The lowest BCUT2D eigenvalue weighted by atomic mass is 10.0. The van der Waals surface area contributed by atoms with Gasteiger partial charge in [0.05, 0.1) is 37.6 Å². The van der Waals surface area contributed by atoms with Crippen LogP contribution in [0.5, 0.6) is 11.5 Å². The van der Waals surface area contributed by atoms with Crippen molar-refractivity contribution in [2.75, 3.05) is 13.2 Å². The highest BCUT2D eigenvalue weighted by molar-refractivity contribution is 5.39. The summed E-state index contributed by atoms with van der Waals surface area (Å²) in [6.45, 7) is 1.17. The highest BCUT2D eigenvalue weighted by atomic mass is 16.5. The Hall–Kier alpha value is -2.07. The number of rotatable bonds is 4. The number of hydrogen-bond acceptors (Lipinski definition) is 4. The van der Waals surface area contributed by atoms with Gasteiger partial charge < -0.3 is 14.6 Å². The summed E-state index contributed by atoms with van der Waals surface area (Å²) in [6, 6.07) is 11.6. The van der Waals surface area contributed by atoms with E-state index in [1.54, 1.807) is 12.3 Å². The van der Waals surface area contributed by atoms with Gasteiger partial charge in [-0.2, -0.15) is 0 Å². The molecule has 4 heteroatoms. The normalized spacial score (nSPS) is 16.8. The van der Waals surface area contributed by atoms with Gasteiger partial charge in [-0.15, -0.1) is 0 Å². The Morgan fingerprint density at radius 3 is 2.95 bits per heavy atom. The van der Waals surface area contributed by atoms with E-state index in [0.717, 1.165) is 5.75 Å². The minimum absolute atomic E-state index is 0.0515. The molecule has 4 nitrogen and oxygen atoms in total. The highest BCUT2D eigenvalue weighted by Gasteiger charge is 2.24. The van der Waals surface area contributed by atoms with Crippen LogP contribution >= 0.6 is 0 Å². The van der Waals surface area contributed by atoms with Gasteiger partial charge in [-0.3, -0.25) is 4.98 Å². The third kappa shape index (κ3) is 2.53. The number of aliphatic hydroxyl groups is 1. The van der Waals surface area contributed by atoms with Gasteiger partial charge in [0.25, 0.3) is 0 Å². The molecule has 0 radical (unpaired) electrons. The van der Waals surface area contributed by atoms with Crippen molar-refractivity contribution in [3.8, 4) is 11.5 Å². The van der Waals surface area contributed by atoms with E-state index < -0.39 is 0 Å². The lowest BCUT2D eigenvalue weighted by molar-refractivity contribution is 0.247. The first-order valence-corrected chi connectivity index (χ1v) is 6.27. The van der Waals surface area contributed by atoms with Crippen molar-refractivity contribution in [1.82, 2.24) is 4.98 Å². The first-order chi connectivity index (χ1) is 9.36. The maximum Gasteiger partial charge on any atom is 0.137 e. The molecule has 0 amide bonds. The van der Waals surface area contributed by atoms with Crippen LogP contribution in [0.4, 0.5) is 0 Å². The van der Waals surface area contributed by atoms with E-state index in [2.05, 4.69) is 11.1 Å². The summed E-state index contributed by atoms with van der Waals surface area (Å²) in [5.41, 5.74) is 1.84. The first-order valence-electron chi connectivity index (χ1n) is 6.27. The molecule has 2 aromatic rings. The number of nitrogens with zero attached hydrogens (tertiary/aromatic N) is 1. The molecule has 0 bridgehead atoms. The van der Waals surface area contributed by atoms with Crippen LogP contribution in [0.2, 0.25) is 0 Å². The third-order valence-corrected chi connectivity index (χ3v) is 3.21. The Morgan fingerprint density at radius 2 is 2.16 bits per heavy atom. The number of aromatic nitrogens is 1. The van der Waals surface area contributed by atoms with Crippen LogP contribution in [-0.4, -0.2) is 23.3 Å². The van der Waals surface area contributed by atoms with Crippen molar-refractivity contribution in [1.29, 1.82) is 0 Å². The zero-order valence-corrected chi connectivity index (χ0v) is 10.5. The van der Waals surface area contributed by atoms with Crippen LogP contribution in [0.15, 0.2) is 42.6 Å². The Morgan fingerprint density at radius 1 is 1.26 bits per heavy atom. The molecule has 0 saturated carbocycles. The summed E-state index contributed by atoms with van der Waals surface area (Å²) in [7, 11) is 0. The van der Waals surface area contributed by atoms with Gasteiger partial charge in [-0.1, -0.05) is 18.2 Å². The SMILES string of the molecule is OCc1ccc(OCC2COc3ccccc32)cn1. The second kappa shape index (κ2) is 5.28. The van der Waals surface area contributed by atoms with Gasteiger partial charge in [0.1, 0.15) is 11.5 Å². The molecule has 1 aliphatic heterocycles. The molecule has 0 fully saturated rings. The standard InChI is InChI=1S/C15H15NO3/c17-8-12-5-6-13(7-16-12)18-9-11-10-19-15-4-2-1-3-14(11)15/h1-7,11,17H,8-10H2. The van der Waals surface area contributed by atoms with E-state index >= 15 is 0 Å². The number of hydrogen-bond donors (Lipinski definition) is 1. The second-order valence-electron chi connectivity index (χ2n) is 4.50. The molecule has 3 rings (SSSR count). The van der Waals surface area contributed by atoms with Gasteiger partial charge >= 0.3 is 0 Å². The van der Waals surface area contributed by atoms with E-state index in [-0.39, 0.29) is 12.5 Å². The van der Waals surface area contributed by atoms with Gasteiger partial charge in [0, 0.05) is 5.56 Å². The second-order valence-corrected chi connectivity index (χ2v) is 4.50. The number of aliphatic hydroxyl groups excluding tert-OH is 1. The molecule has 2 heterocycles. The Balaban J connectivity index is 1.64. The highest BCUT2D eigenvalue weighted by Crippen LogP contribution is 2.33. The van der Waals surface area contributed by atoms with Gasteiger partial charge in [0.15, 0.2) is 0 Å². The molecule has 1 aromatic carbocycles. The van der Waals surface area contributed by atoms with Crippen molar-refractivity contribution >= 4 is 0 Å². The van der Waals surface area contributed by atoms with E-state index in [0.29, 0.717) is 24.7 Å². The van der Waals surface area contributed by atoms with E-state index in [1.807, 2.05) is 24.3 Å². The molecule has 0 spiro atoms. The average Bonchev–Trinajstić information content (AvgIpc) is 2.89. The predicted octanol–water partition coefficient (Wildman–Crippen LogP) is 2.13. The Kier molecular flexibility index (Phi) is 3.33. The largest absolute Gasteiger partial charge is 0.493 e. The lowest BCUT2D eigenvalue weighted by Crippen LogP contribution is -2.11. The average molecular weight is 257 g/mol. The van der Waals surface area contributed by atoms with E-state index in [9.17, 15) is 0 Å². The van der Waals surface area contributed by atoms with Crippen molar-refractivity contribution in [3.63, 3.8) is 0 Å². The van der Waals surface area contributed by atoms with Crippen molar-refractivity contribution in [3.05, 3.63) is 53.9 Å². The fraction of sp³-hybridized carbons (Fsp3) is 0.267. The smallest absolute Gasteiger partial charge is 0.137 e. The zero-order valence-electron chi connectivity index (χ0n) is 10.5. The number of fused-ring (bicyclic) bond motifs is 1. The van der Waals surface area contributed by atoms with Crippen LogP contribution in [0.3, 0.4) is 0 Å². The zero-order chi connectivity index (χ0) is 13.1. The summed E-state index contributed by atoms with van der Waals surface area (Å²) in [5, 5.41) is 8.92. The fourth-order valence-corrected chi connectivity index (χ4v) is 2.15. The molecule has 19 heavy (non-hydrogen) atoms. The fourth-order valence-electron chi connectivity index (χ4n) is 2.15. The van der Waals surface area contributed by atoms with Gasteiger partial charge in [-0.05, 0) is 18.2 Å². The maximum absolute atomic E-state index is 8.92. The van der Waals surface area contributed by atoms with Gasteiger partial charge in [0.2, 0.25) is 0 Å². The third-order valence-electron chi connectivity index (χ3n) is 3.21. The molecule has 1 N–H and O–H groups in total. The number of pyridine rings is 1. The maximum atomic E-state index is 8.92. The molecule has 0 saturated heterocycles. The summed E-state index contributed by atoms with van der Waals surface area (Å²) >= 11 is 0. The van der Waals surface area contributed by atoms with Crippen LogP contribution in [0, 0.1) is 0 Å². The topological polar surface area (TPSA) is 51.6 Å².